The first-order valence-corrected chi connectivity index (χ1v) is 9.41. The first-order valence-electron chi connectivity index (χ1n) is 9.41. The maximum atomic E-state index is 9.93. The SMILES string of the molecule is N#Cc1ccc(Nc2cc(=NC3CC3)n3ncc(=Cc4cc(O)[nH]c4O)c3n2)cc1. The van der Waals surface area contributed by atoms with Gasteiger partial charge < -0.3 is 15.5 Å². The molecule has 1 aromatic carbocycles. The summed E-state index contributed by atoms with van der Waals surface area (Å²) in [5.41, 5.74) is 3.04. The van der Waals surface area contributed by atoms with Gasteiger partial charge in [0.05, 0.1) is 23.9 Å². The molecule has 3 heterocycles. The summed E-state index contributed by atoms with van der Waals surface area (Å²) in [6.07, 6.45) is 5.44. The molecule has 0 unspecified atom stereocenters. The Bertz CT molecular complexity index is 1410. The Morgan fingerprint density at radius 3 is 2.70 bits per heavy atom. The summed E-state index contributed by atoms with van der Waals surface area (Å²) in [5, 5.41) is 36.8. The van der Waals surface area contributed by atoms with Gasteiger partial charge in [0, 0.05) is 28.6 Å². The third-order valence-electron chi connectivity index (χ3n) is 4.75. The van der Waals surface area contributed by atoms with E-state index in [1.54, 1.807) is 28.9 Å². The van der Waals surface area contributed by atoms with Gasteiger partial charge in [-0.15, -0.1) is 0 Å². The van der Waals surface area contributed by atoms with Crippen LogP contribution in [0.5, 0.6) is 11.8 Å². The standard InChI is InChI=1S/C21H17N7O2/c22-10-12-1-3-15(4-2-12)24-17-9-18(25-16-5-6-16)28-20(26-17)14(11-23-28)7-13-8-19(29)27-21(13)30/h1-4,7-9,11,16,24,27,29-30H,5-6H2. The van der Waals surface area contributed by atoms with Crippen molar-refractivity contribution < 1.29 is 10.2 Å². The van der Waals surface area contributed by atoms with Crippen LogP contribution in [-0.2, 0) is 0 Å². The molecular weight excluding hydrogens is 382 g/mol. The van der Waals surface area contributed by atoms with Gasteiger partial charge in [-0.2, -0.15) is 14.9 Å². The largest absolute Gasteiger partial charge is 0.494 e. The number of anilines is 2. The Labute approximate surface area is 170 Å². The summed E-state index contributed by atoms with van der Waals surface area (Å²) >= 11 is 0. The number of nitrogens with one attached hydrogen (secondary N) is 2. The number of nitriles is 1. The Morgan fingerprint density at radius 1 is 1.23 bits per heavy atom. The fourth-order valence-electron chi connectivity index (χ4n) is 3.11. The molecule has 4 aromatic rings. The Balaban J connectivity index is 1.64. The van der Waals surface area contributed by atoms with Gasteiger partial charge in [0.2, 0.25) is 0 Å². The minimum Gasteiger partial charge on any atom is -0.494 e. The summed E-state index contributed by atoms with van der Waals surface area (Å²) in [4.78, 5) is 11.9. The third kappa shape index (κ3) is 3.42. The van der Waals surface area contributed by atoms with E-state index in [0.717, 1.165) is 18.5 Å². The molecule has 0 saturated heterocycles. The zero-order valence-corrected chi connectivity index (χ0v) is 15.7. The number of nitrogens with zero attached hydrogens (tertiary/aromatic N) is 5. The number of aromatic nitrogens is 4. The number of hydrogen-bond acceptors (Lipinski definition) is 7. The van der Waals surface area contributed by atoms with Crippen molar-refractivity contribution in [1.82, 2.24) is 19.6 Å². The van der Waals surface area contributed by atoms with Crippen molar-refractivity contribution in [2.45, 2.75) is 18.9 Å². The van der Waals surface area contributed by atoms with Crippen LogP contribution in [0.15, 0.2) is 47.6 Å². The second kappa shape index (κ2) is 6.93. The zero-order valence-electron chi connectivity index (χ0n) is 15.7. The molecule has 4 N–H and O–H groups in total. The molecule has 0 bridgehead atoms. The van der Waals surface area contributed by atoms with Gasteiger partial charge in [-0.3, -0.25) is 9.98 Å². The highest BCUT2D eigenvalue weighted by atomic mass is 16.3. The molecule has 0 aliphatic heterocycles. The zero-order chi connectivity index (χ0) is 20.7. The minimum atomic E-state index is -0.137. The monoisotopic (exact) mass is 399 g/mol. The smallest absolute Gasteiger partial charge is 0.198 e. The van der Waals surface area contributed by atoms with Gasteiger partial charge in [-0.25, -0.2) is 4.98 Å². The molecule has 9 nitrogen and oxygen atoms in total. The highest BCUT2D eigenvalue weighted by Gasteiger charge is 2.20. The van der Waals surface area contributed by atoms with Crippen LogP contribution in [0.25, 0.3) is 11.7 Å². The van der Waals surface area contributed by atoms with E-state index in [1.807, 2.05) is 18.2 Å². The molecule has 0 radical (unpaired) electrons. The lowest BCUT2D eigenvalue weighted by molar-refractivity contribution is 0.425. The predicted octanol–water partition coefficient (Wildman–Crippen LogP) is 1.69. The molecule has 1 fully saturated rings. The Kier molecular flexibility index (Phi) is 4.10. The average molecular weight is 399 g/mol. The van der Waals surface area contributed by atoms with Gasteiger partial charge in [-0.1, -0.05) is 0 Å². The molecule has 30 heavy (non-hydrogen) atoms. The van der Waals surface area contributed by atoms with E-state index < -0.39 is 0 Å². The summed E-state index contributed by atoms with van der Waals surface area (Å²) in [5.74, 6) is 0.320. The lowest BCUT2D eigenvalue weighted by Crippen LogP contribution is -2.19. The number of H-pyrrole nitrogens is 1. The van der Waals surface area contributed by atoms with E-state index in [9.17, 15) is 10.2 Å². The molecule has 1 saturated carbocycles. The number of rotatable bonds is 4. The number of aromatic hydroxyl groups is 2. The van der Waals surface area contributed by atoms with Crippen molar-refractivity contribution in [3.8, 4) is 17.8 Å². The lowest BCUT2D eigenvalue weighted by atomic mass is 10.2. The van der Waals surface area contributed by atoms with Crippen LogP contribution in [0.4, 0.5) is 11.5 Å². The van der Waals surface area contributed by atoms with E-state index in [1.165, 1.54) is 6.07 Å². The molecular formula is C21H17N7O2. The topological polar surface area (TPSA) is 135 Å². The molecule has 148 valence electrons. The molecule has 9 heteroatoms. The average Bonchev–Trinajstić information content (AvgIpc) is 3.37. The molecule has 0 atom stereocenters. The maximum absolute atomic E-state index is 9.93. The fraction of sp³-hybridized carbons (Fsp3) is 0.143. The number of benzene rings is 1. The normalized spacial score (nSPS) is 14.9. The van der Waals surface area contributed by atoms with Crippen molar-refractivity contribution in [2.75, 3.05) is 5.32 Å². The van der Waals surface area contributed by atoms with Crippen LogP contribution in [-0.4, -0.2) is 35.8 Å². The minimum absolute atomic E-state index is 0.129. The number of fused-ring (bicyclic) bond motifs is 1. The second-order valence-electron chi connectivity index (χ2n) is 7.11. The van der Waals surface area contributed by atoms with Crippen molar-refractivity contribution >= 4 is 23.2 Å². The van der Waals surface area contributed by atoms with Crippen LogP contribution < -0.4 is 16.0 Å². The second-order valence-corrected chi connectivity index (χ2v) is 7.11. The Morgan fingerprint density at radius 2 is 2.03 bits per heavy atom. The van der Waals surface area contributed by atoms with E-state index in [2.05, 4.69) is 26.5 Å². The fourth-order valence-corrected chi connectivity index (χ4v) is 3.11. The Hall–Kier alpha value is -4.32. The van der Waals surface area contributed by atoms with Crippen molar-refractivity contribution in [3.05, 3.63) is 64.4 Å². The molecule has 0 spiro atoms. The number of aromatic amines is 1. The maximum Gasteiger partial charge on any atom is 0.198 e. The van der Waals surface area contributed by atoms with Gasteiger partial charge >= 0.3 is 0 Å². The molecule has 0 amide bonds. The summed E-state index contributed by atoms with van der Waals surface area (Å²) in [6, 6.07) is 12.7. The van der Waals surface area contributed by atoms with Gasteiger partial charge in [0.25, 0.3) is 0 Å². The molecule has 1 aliphatic carbocycles. The molecule has 3 aromatic heterocycles. The van der Waals surface area contributed by atoms with Crippen LogP contribution >= 0.6 is 0 Å². The molecule has 5 rings (SSSR count). The summed E-state index contributed by atoms with van der Waals surface area (Å²) < 4.78 is 1.66. The van der Waals surface area contributed by atoms with E-state index >= 15 is 0 Å². The van der Waals surface area contributed by atoms with E-state index in [0.29, 0.717) is 39.3 Å². The van der Waals surface area contributed by atoms with Crippen molar-refractivity contribution in [3.63, 3.8) is 0 Å². The predicted molar refractivity (Wildman–Crippen MR) is 109 cm³/mol. The van der Waals surface area contributed by atoms with E-state index in [-0.39, 0.29) is 11.8 Å². The van der Waals surface area contributed by atoms with Crippen molar-refractivity contribution in [1.29, 1.82) is 5.26 Å². The number of hydrogen-bond donors (Lipinski definition) is 4. The summed E-state index contributed by atoms with van der Waals surface area (Å²) in [7, 11) is 0. The summed E-state index contributed by atoms with van der Waals surface area (Å²) in [6.45, 7) is 0. The first-order chi connectivity index (χ1) is 14.6. The van der Waals surface area contributed by atoms with Crippen molar-refractivity contribution in [2.24, 2.45) is 4.99 Å². The highest BCUT2D eigenvalue weighted by molar-refractivity contribution is 5.63. The lowest BCUT2D eigenvalue weighted by Gasteiger charge is -2.06. The van der Waals surface area contributed by atoms with E-state index in [4.69, 9.17) is 10.3 Å². The highest BCUT2D eigenvalue weighted by Crippen LogP contribution is 2.23. The van der Waals surface area contributed by atoms with Crippen LogP contribution in [0.2, 0.25) is 0 Å². The van der Waals surface area contributed by atoms with Crippen LogP contribution in [0.3, 0.4) is 0 Å². The molecule has 1 aliphatic rings. The van der Waals surface area contributed by atoms with Crippen LogP contribution in [0, 0.1) is 11.3 Å². The third-order valence-corrected chi connectivity index (χ3v) is 4.75. The van der Waals surface area contributed by atoms with Gasteiger partial charge in [0.15, 0.2) is 22.9 Å². The van der Waals surface area contributed by atoms with Gasteiger partial charge in [-0.05, 0) is 43.2 Å². The van der Waals surface area contributed by atoms with Gasteiger partial charge in [0.1, 0.15) is 5.82 Å². The van der Waals surface area contributed by atoms with Crippen LogP contribution in [0.1, 0.15) is 24.0 Å². The quantitative estimate of drug-likeness (QED) is 0.413. The first kappa shape index (κ1) is 17.8.